The predicted octanol–water partition coefficient (Wildman–Crippen LogP) is 6.47. The second kappa shape index (κ2) is 23.0. The first kappa shape index (κ1) is 46.4. The molecule has 50 heavy (non-hydrogen) atoms. The molecule has 284 valence electrons. The molecule has 5 unspecified atom stereocenters. The van der Waals surface area contributed by atoms with E-state index in [9.17, 15) is 37.8 Å². The zero-order valence-electron chi connectivity index (χ0n) is 30.7. The minimum Gasteiger partial charge on any atom is -0.507 e. The second-order valence-electron chi connectivity index (χ2n) is 11.0. The number of ether oxygens (including phenoxy) is 4. The molecule has 5 atom stereocenters. The largest absolute Gasteiger partial charge is 0.507 e. The molecule has 1 aliphatic heterocycles. The van der Waals surface area contributed by atoms with Crippen molar-refractivity contribution in [3.05, 3.63) is 51.8 Å². The number of aliphatic hydroxyl groups excluding tert-OH is 2. The lowest BCUT2D eigenvalue weighted by Gasteiger charge is -2.39. The van der Waals surface area contributed by atoms with E-state index in [2.05, 4.69) is 6.92 Å². The molecule has 1 aromatic rings. The number of halogens is 3. The van der Waals surface area contributed by atoms with Gasteiger partial charge in [0.2, 0.25) is 0 Å². The number of hydrogen-bond donors (Lipinski definition) is 3. The first-order valence-electron chi connectivity index (χ1n) is 16.7. The molecule has 1 heterocycles. The molecule has 0 bridgehead atoms. The van der Waals surface area contributed by atoms with Crippen LogP contribution in [0.3, 0.4) is 0 Å². The lowest BCUT2D eigenvalue weighted by Crippen LogP contribution is -2.57. The maximum atomic E-state index is 13.0. The molecule has 0 radical (unpaired) electrons. The van der Waals surface area contributed by atoms with Gasteiger partial charge in [-0.1, -0.05) is 53.2 Å². The van der Waals surface area contributed by atoms with Crippen LogP contribution >= 0.6 is 0 Å². The molecule has 1 saturated carbocycles. The number of methoxy groups -OCH3 is 3. The zero-order valence-corrected chi connectivity index (χ0v) is 30.7. The number of Topliss-reactive ketones (excluding diaryl/α,β-unsaturated/α-hetero) is 2. The van der Waals surface area contributed by atoms with Gasteiger partial charge in [-0.25, -0.2) is 0 Å². The van der Waals surface area contributed by atoms with Crippen molar-refractivity contribution < 1.29 is 61.5 Å². The fourth-order valence-electron chi connectivity index (χ4n) is 5.68. The monoisotopic (exact) mass is 717 g/mol. The van der Waals surface area contributed by atoms with E-state index in [0.717, 1.165) is 24.7 Å². The van der Waals surface area contributed by atoms with Gasteiger partial charge in [-0.3, -0.25) is 14.4 Å². The molecule has 1 saturated heterocycles. The van der Waals surface area contributed by atoms with Gasteiger partial charge in [0, 0.05) is 31.8 Å². The van der Waals surface area contributed by atoms with E-state index < -0.39 is 54.8 Å². The summed E-state index contributed by atoms with van der Waals surface area (Å²) >= 11 is 0. The number of carbonyl (C=O) groups is 4. The number of aliphatic hydroxyl groups is 2. The highest BCUT2D eigenvalue weighted by molar-refractivity contribution is 6.29. The Labute approximate surface area is 293 Å². The van der Waals surface area contributed by atoms with E-state index in [1.54, 1.807) is 25.1 Å². The smallest absolute Gasteiger partial charge is 0.471 e. The molecule has 1 aromatic carbocycles. The Morgan fingerprint density at radius 1 is 1.06 bits per heavy atom. The molecule has 1 amide bonds. The fraction of sp³-hybridized carbons (Fsp3) is 0.611. The molecule has 2 fully saturated rings. The number of carbonyl (C=O) groups excluding carboxylic acids is 4. The van der Waals surface area contributed by atoms with Crippen LogP contribution in [0.15, 0.2) is 40.7 Å². The first-order valence-corrected chi connectivity index (χ1v) is 16.7. The molecular formula is C36H54F3NO10. The Hall–Kier alpha value is -3.59. The molecule has 14 heteroatoms. The van der Waals surface area contributed by atoms with Crippen molar-refractivity contribution in [2.24, 2.45) is 5.92 Å². The number of nitrogens with one attached hydrogen (secondary N) is 1. The van der Waals surface area contributed by atoms with Crippen LogP contribution in [-0.2, 0) is 23.8 Å². The highest BCUT2D eigenvalue weighted by atomic mass is 19.4. The Morgan fingerprint density at radius 3 is 2.14 bits per heavy atom. The number of ketones is 2. The van der Waals surface area contributed by atoms with Gasteiger partial charge >= 0.3 is 12.1 Å². The van der Waals surface area contributed by atoms with Crippen molar-refractivity contribution >= 4 is 23.8 Å². The second-order valence-corrected chi connectivity index (χ2v) is 11.0. The van der Waals surface area contributed by atoms with E-state index in [-0.39, 0.29) is 34.5 Å². The summed E-state index contributed by atoms with van der Waals surface area (Å²) < 4.78 is 57.1. The van der Waals surface area contributed by atoms with Crippen LogP contribution in [0.25, 0.3) is 0 Å². The number of alkyl halides is 3. The van der Waals surface area contributed by atoms with Crippen molar-refractivity contribution in [3.63, 3.8) is 0 Å². The van der Waals surface area contributed by atoms with Gasteiger partial charge in [-0.05, 0) is 50.7 Å². The van der Waals surface area contributed by atoms with Gasteiger partial charge in [-0.15, -0.1) is 0 Å². The Morgan fingerprint density at radius 2 is 1.66 bits per heavy atom. The zero-order chi connectivity index (χ0) is 38.8. The van der Waals surface area contributed by atoms with Crippen molar-refractivity contribution in [2.45, 2.75) is 111 Å². The summed E-state index contributed by atoms with van der Waals surface area (Å²) in [5, 5.41) is 22.4. The van der Waals surface area contributed by atoms with E-state index in [4.69, 9.17) is 23.7 Å². The van der Waals surface area contributed by atoms with Crippen LogP contribution < -0.4 is 10.1 Å². The van der Waals surface area contributed by atoms with Gasteiger partial charge in [0.25, 0.3) is 0 Å². The quantitative estimate of drug-likeness (QED) is 0.220. The number of amides is 1. The maximum absolute atomic E-state index is 13.0. The molecule has 3 N–H and O–H groups in total. The maximum Gasteiger partial charge on any atom is 0.471 e. The molecule has 3 aliphatic rings. The topological polar surface area (TPSA) is 158 Å². The summed E-state index contributed by atoms with van der Waals surface area (Å²) in [4.78, 5) is 45.6. The summed E-state index contributed by atoms with van der Waals surface area (Å²) in [6, 6.07) is 3.98. The summed E-state index contributed by atoms with van der Waals surface area (Å²) in [6.07, 6.45) is -2.45. The van der Waals surface area contributed by atoms with Crippen LogP contribution in [0.5, 0.6) is 5.75 Å². The van der Waals surface area contributed by atoms with E-state index in [1.165, 1.54) is 28.3 Å². The average Bonchev–Trinajstić information content (AvgIpc) is 3.10. The summed E-state index contributed by atoms with van der Waals surface area (Å²) in [6.45, 7) is 12.6. The summed E-state index contributed by atoms with van der Waals surface area (Å²) in [7, 11) is 4.16. The normalized spacial score (nSPS) is 23.8. The number of hydrogen-bond acceptors (Lipinski definition) is 10. The minimum absolute atomic E-state index is 0.0580. The Balaban J connectivity index is 0.000000846. The summed E-state index contributed by atoms with van der Waals surface area (Å²) in [5.74, 6) is -2.33. The lowest BCUT2D eigenvalue weighted by atomic mass is 9.79. The van der Waals surface area contributed by atoms with Crippen LogP contribution in [0.2, 0.25) is 0 Å². The number of benzene rings is 1. The molecule has 11 nitrogen and oxygen atoms in total. The van der Waals surface area contributed by atoms with Crippen molar-refractivity contribution in [3.8, 4) is 5.75 Å². The number of aldehydes is 1. The molecule has 2 aliphatic carbocycles. The molecule has 0 spiro atoms. The Bertz CT molecular complexity index is 1330. The van der Waals surface area contributed by atoms with Crippen LogP contribution in [-0.4, -0.2) is 92.6 Å². The summed E-state index contributed by atoms with van der Waals surface area (Å²) in [5.41, 5.74) is 1.01. The van der Waals surface area contributed by atoms with Crippen LogP contribution in [0, 0.1) is 5.92 Å². The Kier molecular flexibility index (Phi) is 21.3. The van der Waals surface area contributed by atoms with E-state index in [0.29, 0.717) is 24.5 Å². The number of rotatable bonds is 6. The van der Waals surface area contributed by atoms with Crippen molar-refractivity contribution in [1.82, 2.24) is 5.32 Å². The standard InChI is InChI=1S/C20H22O5.C10H16F3NO4.C2H4O.2C2H6/c1-11-5-3-6-12(9-11)18(22)17-14(10-21)20(24)16-13(19(17)23)7-4-8-15(16)25-2;1-5-8(17-3)6(4-7(16-2)18-5)14-9(15)10(11,12)13;1-2-3;2*1-2/h4,7-8,11,21-22H,3,5-6,9-10H2,1-2H3;5-8H,4H2,1-3H3,(H,14,15);2H,1H3;2*1-2H3/b18-12-;;;;. The van der Waals surface area contributed by atoms with Gasteiger partial charge in [-0.2, -0.15) is 13.2 Å². The van der Waals surface area contributed by atoms with Crippen molar-refractivity contribution in [2.75, 3.05) is 27.9 Å². The predicted molar refractivity (Wildman–Crippen MR) is 182 cm³/mol. The van der Waals surface area contributed by atoms with Crippen LogP contribution in [0.4, 0.5) is 13.2 Å². The highest BCUT2D eigenvalue weighted by Crippen LogP contribution is 2.38. The number of fused-ring (bicyclic) bond motifs is 1. The van der Waals surface area contributed by atoms with Crippen molar-refractivity contribution in [1.29, 1.82) is 0 Å². The minimum atomic E-state index is -4.91. The van der Waals surface area contributed by atoms with E-state index in [1.807, 2.05) is 33.0 Å². The molecule has 0 aromatic heterocycles. The van der Waals surface area contributed by atoms with E-state index >= 15 is 0 Å². The SMILES string of the molecule is CC.CC.CC=O.COC1CC(NC(=O)C(F)(F)F)C(OC)C(C)O1.COc1cccc2c1C(=O)C(CO)=C(/C(O)=C1\CCCC(C)C1)C2=O. The van der Waals surface area contributed by atoms with Crippen LogP contribution in [0.1, 0.15) is 101 Å². The molecule has 4 rings (SSSR count). The fourth-order valence-corrected chi connectivity index (χ4v) is 5.68. The first-order chi connectivity index (χ1) is 23.7. The van der Waals surface area contributed by atoms with Gasteiger partial charge in [0.05, 0.1) is 37.0 Å². The van der Waals surface area contributed by atoms with Gasteiger partial charge in [0.1, 0.15) is 23.9 Å². The third-order valence-corrected chi connectivity index (χ3v) is 7.80. The number of allylic oxidation sites excluding steroid dienone is 2. The van der Waals surface area contributed by atoms with Gasteiger partial charge in [0.15, 0.2) is 17.9 Å². The molecular weight excluding hydrogens is 663 g/mol. The lowest BCUT2D eigenvalue weighted by molar-refractivity contribution is -0.222. The third kappa shape index (κ3) is 12.3. The highest BCUT2D eigenvalue weighted by Gasteiger charge is 2.44. The third-order valence-electron chi connectivity index (χ3n) is 7.80. The van der Waals surface area contributed by atoms with Gasteiger partial charge < -0.3 is 39.3 Å². The average molecular weight is 718 g/mol.